The van der Waals surface area contributed by atoms with Crippen molar-refractivity contribution in [3.8, 4) is 0 Å². The van der Waals surface area contributed by atoms with E-state index in [9.17, 15) is 9.59 Å². The van der Waals surface area contributed by atoms with Gasteiger partial charge in [-0.25, -0.2) is 4.98 Å². The van der Waals surface area contributed by atoms with Gasteiger partial charge in [-0.1, -0.05) is 12.8 Å². The second-order valence-electron chi connectivity index (χ2n) is 5.64. The molecule has 2 aliphatic rings. The van der Waals surface area contributed by atoms with Crippen molar-refractivity contribution in [2.24, 2.45) is 0 Å². The lowest BCUT2D eigenvalue weighted by Crippen LogP contribution is -2.37. The van der Waals surface area contributed by atoms with Crippen LogP contribution in [0.3, 0.4) is 0 Å². The van der Waals surface area contributed by atoms with Crippen LogP contribution in [0.5, 0.6) is 0 Å². The third kappa shape index (κ3) is 2.55. The fraction of sp³-hybridized carbons (Fsp3) is 0.643. The van der Waals surface area contributed by atoms with Crippen molar-refractivity contribution in [1.82, 2.24) is 15.3 Å². The molecular formula is C14H19N3O2. The summed E-state index contributed by atoms with van der Waals surface area (Å²) in [6.07, 6.45) is 6.48. The Hall–Kier alpha value is -1.65. The van der Waals surface area contributed by atoms with Crippen molar-refractivity contribution >= 4 is 5.91 Å². The summed E-state index contributed by atoms with van der Waals surface area (Å²) >= 11 is 0. The van der Waals surface area contributed by atoms with Gasteiger partial charge >= 0.3 is 0 Å². The summed E-state index contributed by atoms with van der Waals surface area (Å²) in [6.45, 7) is 1.74. The standard InChI is InChI=1S/C14H19N3O2/c1-8-11(13(18)16-10-4-2-3-5-10)14(19)17-12(15-8)9-6-7-9/h9-10H,2-7H2,1H3,(H,16,18)(H,15,17,19). The number of carbonyl (C=O) groups excluding carboxylic acids is 1. The van der Waals surface area contributed by atoms with Crippen LogP contribution in [0.2, 0.25) is 0 Å². The molecule has 1 amide bonds. The molecule has 102 valence electrons. The largest absolute Gasteiger partial charge is 0.349 e. The lowest BCUT2D eigenvalue weighted by molar-refractivity contribution is 0.0935. The molecule has 2 fully saturated rings. The van der Waals surface area contributed by atoms with Gasteiger partial charge in [-0.3, -0.25) is 9.59 Å². The van der Waals surface area contributed by atoms with E-state index < -0.39 is 0 Å². The van der Waals surface area contributed by atoms with Crippen LogP contribution in [-0.4, -0.2) is 21.9 Å². The minimum Gasteiger partial charge on any atom is -0.349 e. The maximum absolute atomic E-state index is 12.2. The Morgan fingerprint density at radius 3 is 2.53 bits per heavy atom. The summed E-state index contributed by atoms with van der Waals surface area (Å²) in [4.78, 5) is 31.4. The summed E-state index contributed by atoms with van der Waals surface area (Å²) < 4.78 is 0. The van der Waals surface area contributed by atoms with E-state index in [0.29, 0.717) is 11.6 Å². The molecule has 5 heteroatoms. The van der Waals surface area contributed by atoms with Crippen LogP contribution in [0.15, 0.2) is 4.79 Å². The molecule has 0 aromatic carbocycles. The molecule has 19 heavy (non-hydrogen) atoms. The Morgan fingerprint density at radius 1 is 1.26 bits per heavy atom. The molecule has 2 saturated carbocycles. The van der Waals surface area contributed by atoms with Gasteiger partial charge in [0.1, 0.15) is 11.4 Å². The Balaban J connectivity index is 1.82. The van der Waals surface area contributed by atoms with Crippen molar-refractivity contribution in [2.45, 2.75) is 57.4 Å². The molecule has 2 aliphatic carbocycles. The highest BCUT2D eigenvalue weighted by atomic mass is 16.2. The number of aryl methyl sites for hydroxylation is 1. The van der Waals surface area contributed by atoms with E-state index >= 15 is 0 Å². The minimum atomic E-state index is -0.301. The molecule has 0 saturated heterocycles. The minimum absolute atomic E-state index is 0.177. The zero-order valence-corrected chi connectivity index (χ0v) is 11.2. The fourth-order valence-corrected chi connectivity index (χ4v) is 2.75. The van der Waals surface area contributed by atoms with Crippen LogP contribution in [0.4, 0.5) is 0 Å². The van der Waals surface area contributed by atoms with Crippen molar-refractivity contribution in [3.63, 3.8) is 0 Å². The van der Waals surface area contributed by atoms with Crippen LogP contribution in [0.1, 0.15) is 66.3 Å². The molecule has 5 nitrogen and oxygen atoms in total. The number of amides is 1. The van der Waals surface area contributed by atoms with E-state index in [4.69, 9.17) is 0 Å². The van der Waals surface area contributed by atoms with E-state index in [2.05, 4.69) is 15.3 Å². The number of aromatic amines is 1. The van der Waals surface area contributed by atoms with Gasteiger partial charge in [0.15, 0.2) is 0 Å². The van der Waals surface area contributed by atoms with E-state index in [1.807, 2.05) is 0 Å². The van der Waals surface area contributed by atoms with Gasteiger partial charge in [0.05, 0.1) is 5.69 Å². The number of carbonyl (C=O) groups is 1. The van der Waals surface area contributed by atoms with Crippen molar-refractivity contribution in [3.05, 3.63) is 27.4 Å². The molecule has 3 rings (SSSR count). The van der Waals surface area contributed by atoms with Gasteiger partial charge in [-0.15, -0.1) is 0 Å². The topological polar surface area (TPSA) is 74.8 Å². The molecule has 0 spiro atoms. The molecule has 0 unspecified atom stereocenters. The first-order valence-electron chi connectivity index (χ1n) is 7.07. The molecule has 0 atom stereocenters. The Bertz CT molecular complexity index is 554. The third-order valence-corrected chi connectivity index (χ3v) is 4.00. The maximum atomic E-state index is 12.2. The van der Waals surface area contributed by atoms with Crippen LogP contribution < -0.4 is 10.9 Å². The number of nitrogens with one attached hydrogen (secondary N) is 2. The Morgan fingerprint density at radius 2 is 1.95 bits per heavy atom. The summed E-state index contributed by atoms with van der Waals surface area (Å²) in [5.74, 6) is 0.846. The SMILES string of the molecule is Cc1nc(C2CC2)[nH]c(=O)c1C(=O)NC1CCCC1. The first kappa shape index (κ1) is 12.4. The number of rotatable bonds is 3. The van der Waals surface area contributed by atoms with Gasteiger partial charge in [0, 0.05) is 12.0 Å². The van der Waals surface area contributed by atoms with E-state index in [-0.39, 0.29) is 23.1 Å². The predicted molar refractivity (Wildman–Crippen MR) is 71.3 cm³/mol. The quantitative estimate of drug-likeness (QED) is 0.868. The average molecular weight is 261 g/mol. The summed E-state index contributed by atoms with van der Waals surface area (Å²) in [7, 11) is 0. The Kier molecular flexibility index (Phi) is 3.12. The Labute approximate surface area is 111 Å². The molecule has 2 N–H and O–H groups in total. The summed E-state index contributed by atoms with van der Waals surface area (Å²) in [5.41, 5.74) is 0.419. The number of hydrogen-bond donors (Lipinski definition) is 2. The van der Waals surface area contributed by atoms with E-state index in [0.717, 1.165) is 44.3 Å². The van der Waals surface area contributed by atoms with Crippen molar-refractivity contribution in [2.75, 3.05) is 0 Å². The molecular weight excluding hydrogens is 242 g/mol. The first-order chi connectivity index (χ1) is 9.15. The van der Waals surface area contributed by atoms with Gasteiger partial charge in [0.25, 0.3) is 11.5 Å². The number of H-pyrrole nitrogens is 1. The lowest BCUT2D eigenvalue weighted by atomic mass is 10.2. The van der Waals surface area contributed by atoms with Crippen molar-refractivity contribution < 1.29 is 4.79 Å². The number of hydrogen-bond acceptors (Lipinski definition) is 3. The first-order valence-corrected chi connectivity index (χ1v) is 7.07. The highest BCUT2D eigenvalue weighted by molar-refractivity contribution is 5.95. The van der Waals surface area contributed by atoms with Crippen LogP contribution in [0.25, 0.3) is 0 Å². The van der Waals surface area contributed by atoms with Gasteiger partial charge in [-0.05, 0) is 32.6 Å². The third-order valence-electron chi connectivity index (χ3n) is 4.00. The second kappa shape index (κ2) is 4.79. The van der Waals surface area contributed by atoms with Gasteiger partial charge < -0.3 is 10.3 Å². The molecule has 0 radical (unpaired) electrons. The highest BCUT2D eigenvalue weighted by Gasteiger charge is 2.28. The second-order valence-corrected chi connectivity index (χ2v) is 5.64. The number of nitrogens with zero attached hydrogens (tertiary/aromatic N) is 1. The smallest absolute Gasteiger partial charge is 0.264 e. The molecule has 1 aromatic rings. The molecule has 1 heterocycles. The normalized spacial score (nSPS) is 19.6. The van der Waals surface area contributed by atoms with Crippen LogP contribution in [-0.2, 0) is 0 Å². The van der Waals surface area contributed by atoms with E-state index in [1.165, 1.54) is 0 Å². The van der Waals surface area contributed by atoms with Crippen LogP contribution in [0, 0.1) is 6.92 Å². The van der Waals surface area contributed by atoms with Gasteiger partial charge in [0.2, 0.25) is 0 Å². The fourth-order valence-electron chi connectivity index (χ4n) is 2.75. The van der Waals surface area contributed by atoms with Gasteiger partial charge in [-0.2, -0.15) is 0 Å². The van der Waals surface area contributed by atoms with Crippen molar-refractivity contribution in [1.29, 1.82) is 0 Å². The zero-order valence-electron chi connectivity index (χ0n) is 11.2. The molecule has 0 bridgehead atoms. The maximum Gasteiger partial charge on any atom is 0.264 e. The van der Waals surface area contributed by atoms with Crippen LogP contribution >= 0.6 is 0 Å². The number of aromatic nitrogens is 2. The molecule has 1 aromatic heterocycles. The van der Waals surface area contributed by atoms with E-state index in [1.54, 1.807) is 6.92 Å². The summed E-state index contributed by atoms with van der Waals surface area (Å²) in [5, 5.41) is 2.94. The molecule has 0 aliphatic heterocycles. The average Bonchev–Trinajstić information content (AvgIpc) is 3.08. The highest BCUT2D eigenvalue weighted by Crippen LogP contribution is 2.37. The summed E-state index contributed by atoms with van der Waals surface area (Å²) in [6, 6.07) is 0.217. The monoisotopic (exact) mass is 261 g/mol. The predicted octanol–water partition coefficient (Wildman–Crippen LogP) is 1.63. The lowest BCUT2D eigenvalue weighted by Gasteiger charge is -2.12. The zero-order chi connectivity index (χ0) is 13.4.